The van der Waals surface area contributed by atoms with Crippen LogP contribution in [0.1, 0.15) is 120 Å². The lowest BCUT2D eigenvalue weighted by atomic mass is 9.77. The van der Waals surface area contributed by atoms with Crippen molar-refractivity contribution < 1.29 is 68.6 Å². The Morgan fingerprint density at radius 2 is 1.65 bits per heavy atom. The second-order valence-electron chi connectivity index (χ2n) is 22.6. The molecular formula is C53H92N4O14. The number of amides is 1. The van der Waals surface area contributed by atoms with Crippen molar-refractivity contribution in [3.63, 3.8) is 0 Å². The summed E-state index contributed by atoms with van der Waals surface area (Å²) in [4.78, 5) is 34.4. The Bertz CT molecular complexity index is 1830. The monoisotopic (exact) mass is 1010 g/mol. The maximum absolute atomic E-state index is 14.5. The summed E-state index contributed by atoms with van der Waals surface area (Å²) >= 11 is 0. The first-order valence-electron chi connectivity index (χ1n) is 26.2. The Morgan fingerprint density at radius 3 is 2.27 bits per heavy atom. The average molecular weight is 1010 g/mol. The van der Waals surface area contributed by atoms with Crippen LogP contribution in [0.2, 0.25) is 0 Å². The summed E-state index contributed by atoms with van der Waals surface area (Å²) in [6.45, 7) is 21.0. The molecule has 18 heteroatoms. The van der Waals surface area contributed by atoms with E-state index in [2.05, 4.69) is 10.2 Å². The Kier molecular flexibility index (Phi) is 20.9. The number of ether oxygens (including phenoxy) is 6. The quantitative estimate of drug-likeness (QED) is 0.133. The molecule has 4 aliphatic rings. The molecular weight excluding hydrogens is 917 g/mol. The lowest BCUT2D eigenvalue weighted by molar-refractivity contribution is -0.318. The zero-order chi connectivity index (χ0) is 52.9. The molecule has 408 valence electrons. The van der Waals surface area contributed by atoms with E-state index < -0.39 is 120 Å². The molecule has 0 radical (unpaired) electrons. The van der Waals surface area contributed by atoms with Gasteiger partial charge in [0.05, 0.1) is 59.7 Å². The highest BCUT2D eigenvalue weighted by Gasteiger charge is 2.53. The van der Waals surface area contributed by atoms with Gasteiger partial charge in [-0.15, -0.1) is 0 Å². The van der Waals surface area contributed by atoms with Gasteiger partial charge in [0, 0.05) is 51.2 Å². The second kappa shape index (κ2) is 25.0. The molecule has 1 amide bonds. The fraction of sp³-hybridized carbons (Fsp3) is 0.849. The SMILES string of the molecule is CC[C@H]1OC(=O)[C@H](C)[C@@H](O[C@H]2C[C@@](C)(OC)[C@@H](O)[C@H](C)O2)[C@H](C)[C@@H](O[C@@H]2O[C@H](C)C[C@H](N(C)C[C@H](NC(=O)C3CCCN3Cc3ccccc3)[C@H](C)O)[C@H]2O)[C@](C)(O)C[C@@H](C)CN(C)[C@H](C)[C@@H](O)[C@]1(C)O. The highest BCUT2D eigenvalue weighted by Crippen LogP contribution is 2.40. The number of hydrogen-bond donors (Lipinski definition) is 7. The third-order valence-corrected chi connectivity index (χ3v) is 16.4. The smallest absolute Gasteiger partial charge is 0.311 e. The van der Waals surface area contributed by atoms with Crippen LogP contribution in [0.25, 0.3) is 0 Å². The molecule has 4 heterocycles. The van der Waals surface area contributed by atoms with Crippen LogP contribution in [-0.2, 0) is 44.6 Å². The van der Waals surface area contributed by atoms with E-state index in [4.69, 9.17) is 28.4 Å². The molecule has 5 rings (SSSR count). The molecule has 4 aliphatic heterocycles. The van der Waals surface area contributed by atoms with E-state index in [0.29, 0.717) is 25.9 Å². The number of methoxy groups -OCH3 is 1. The standard InChI is InChI=1S/C53H92N4O14/c1-15-41-53(11,65)45(60)34(6)55(12)27-30(2)25-51(9,64)47(32(4)44(33(5)49(63)69-41)70-42-26-52(10,66-14)46(61)36(8)68-42)71-50-43(59)40(24-31(3)67-50)56(13)29-38(35(7)58)54-48(62)39-22-19-23-57(39)28-37-20-17-16-18-21-37/h16-18,20-21,30-36,38-47,50,58-61,64-65H,15,19,22-29H2,1-14H3,(H,54,62)/t30-,31-,32+,33-,34-,35+,36+,38+,39?,40+,41-,42+,43-,44+,45-,46+,47-,50+,51-,52-,53-/m1/s1. The highest BCUT2D eigenvalue weighted by molar-refractivity contribution is 5.82. The van der Waals surface area contributed by atoms with E-state index in [1.807, 2.05) is 68.1 Å². The van der Waals surface area contributed by atoms with Crippen LogP contribution in [0.3, 0.4) is 0 Å². The van der Waals surface area contributed by atoms with E-state index in [1.165, 1.54) is 14.0 Å². The molecule has 1 aromatic carbocycles. The van der Waals surface area contributed by atoms with Gasteiger partial charge in [-0.2, -0.15) is 0 Å². The number of nitrogens with one attached hydrogen (secondary N) is 1. The minimum Gasteiger partial charge on any atom is -0.459 e. The van der Waals surface area contributed by atoms with E-state index in [-0.39, 0.29) is 43.7 Å². The minimum absolute atomic E-state index is 0.0815. The van der Waals surface area contributed by atoms with Gasteiger partial charge in [-0.1, -0.05) is 51.1 Å². The summed E-state index contributed by atoms with van der Waals surface area (Å²) in [6, 6.07) is 7.83. The second-order valence-corrected chi connectivity index (χ2v) is 22.6. The third-order valence-electron chi connectivity index (χ3n) is 16.4. The van der Waals surface area contributed by atoms with Gasteiger partial charge >= 0.3 is 5.97 Å². The molecule has 1 unspecified atom stereocenters. The van der Waals surface area contributed by atoms with Crippen molar-refractivity contribution in [2.75, 3.05) is 40.8 Å². The van der Waals surface area contributed by atoms with Crippen molar-refractivity contribution in [1.29, 1.82) is 0 Å². The minimum atomic E-state index is -1.85. The number of aliphatic hydroxyl groups is 6. The molecule has 0 bridgehead atoms. The van der Waals surface area contributed by atoms with Crippen LogP contribution >= 0.6 is 0 Å². The number of nitrogens with zero attached hydrogens (tertiary/aromatic N) is 3. The number of rotatable bonds is 14. The first-order chi connectivity index (χ1) is 33.1. The molecule has 21 atom stereocenters. The van der Waals surface area contributed by atoms with Gasteiger partial charge in [-0.3, -0.25) is 19.4 Å². The topological polar surface area (TPSA) is 233 Å². The fourth-order valence-corrected chi connectivity index (χ4v) is 11.8. The van der Waals surface area contributed by atoms with Gasteiger partial charge in [0.15, 0.2) is 12.6 Å². The molecule has 0 aromatic heterocycles. The number of carbonyl (C=O) groups is 2. The number of benzene rings is 1. The number of cyclic esters (lactones) is 1. The summed E-state index contributed by atoms with van der Waals surface area (Å²) in [6.07, 6.45) is -9.04. The molecule has 4 fully saturated rings. The predicted octanol–water partition coefficient (Wildman–Crippen LogP) is 2.80. The Morgan fingerprint density at radius 1 is 0.986 bits per heavy atom. The third kappa shape index (κ3) is 14.3. The van der Waals surface area contributed by atoms with Crippen LogP contribution in [0, 0.1) is 17.8 Å². The number of likely N-dealkylation sites (tertiary alicyclic amines) is 1. The lowest BCUT2D eigenvalue weighted by Crippen LogP contribution is -2.62. The molecule has 0 saturated carbocycles. The first-order valence-corrected chi connectivity index (χ1v) is 26.2. The number of esters is 1. The van der Waals surface area contributed by atoms with Crippen LogP contribution in [0.4, 0.5) is 0 Å². The number of carbonyl (C=O) groups excluding carboxylic acids is 2. The molecule has 0 aliphatic carbocycles. The van der Waals surface area contributed by atoms with E-state index in [0.717, 1.165) is 18.5 Å². The summed E-state index contributed by atoms with van der Waals surface area (Å²) in [5, 5.41) is 74.1. The molecule has 1 aromatic rings. The van der Waals surface area contributed by atoms with Gasteiger partial charge in [-0.05, 0) is 120 Å². The highest BCUT2D eigenvalue weighted by atomic mass is 16.7. The van der Waals surface area contributed by atoms with Crippen molar-refractivity contribution >= 4 is 11.9 Å². The number of likely N-dealkylation sites (N-methyl/N-ethyl adjacent to an activating group) is 2. The van der Waals surface area contributed by atoms with E-state index in [1.54, 1.807) is 55.4 Å². The van der Waals surface area contributed by atoms with Crippen LogP contribution < -0.4 is 5.32 Å². The zero-order valence-corrected chi connectivity index (χ0v) is 45.1. The van der Waals surface area contributed by atoms with Crippen molar-refractivity contribution in [3.8, 4) is 0 Å². The molecule has 0 spiro atoms. The molecule has 7 N–H and O–H groups in total. The largest absolute Gasteiger partial charge is 0.459 e. The van der Waals surface area contributed by atoms with Crippen molar-refractivity contribution in [2.24, 2.45) is 17.8 Å². The van der Waals surface area contributed by atoms with Gasteiger partial charge in [0.25, 0.3) is 0 Å². The zero-order valence-electron chi connectivity index (χ0n) is 45.1. The van der Waals surface area contributed by atoms with Crippen LogP contribution in [0.15, 0.2) is 30.3 Å². The lowest BCUT2D eigenvalue weighted by Gasteiger charge is -2.49. The van der Waals surface area contributed by atoms with Gasteiger partial charge in [0.1, 0.15) is 30.0 Å². The number of aliphatic hydroxyl groups excluding tert-OH is 4. The molecule has 18 nitrogen and oxygen atoms in total. The maximum atomic E-state index is 14.5. The van der Waals surface area contributed by atoms with E-state index in [9.17, 15) is 40.2 Å². The van der Waals surface area contributed by atoms with Crippen molar-refractivity contribution in [3.05, 3.63) is 35.9 Å². The summed E-state index contributed by atoms with van der Waals surface area (Å²) < 4.78 is 38.3. The van der Waals surface area contributed by atoms with Gasteiger partial charge in [-0.25, -0.2) is 0 Å². The van der Waals surface area contributed by atoms with Gasteiger partial charge in [0.2, 0.25) is 5.91 Å². The Balaban J connectivity index is 1.46. The fourth-order valence-electron chi connectivity index (χ4n) is 11.8. The van der Waals surface area contributed by atoms with Crippen molar-refractivity contribution in [2.45, 2.75) is 230 Å². The van der Waals surface area contributed by atoms with Crippen LogP contribution in [0.5, 0.6) is 0 Å². The summed E-state index contributed by atoms with van der Waals surface area (Å²) in [7, 11) is 5.15. The van der Waals surface area contributed by atoms with Crippen LogP contribution in [-0.4, -0.2) is 207 Å². The first kappa shape index (κ1) is 59.5. The Hall–Kier alpha value is -2.40. The van der Waals surface area contributed by atoms with Gasteiger partial charge < -0.3 is 69.3 Å². The van der Waals surface area contributed by atoms with Crippen molar-refractivity contribution in [1.82, 2.24) is 20.0 Å². The normalized spacial score (nSPS) is 42.7. The maximum Gasteiger partial charge on any atom is 0.311 e. The molecule has 4 saturated heterocycles. The summed E-state index contributed by atoms with van der Waals surface area (Å²) in [5.74, 6) is -3.06. The molecule has 71 heavy (non-hydrogen) atoms. The summed E-state index contributed by atoms with van der Waals surface area (Å²) in [5.41, 5.74) is -3.49. The van der Waals surface area contributed by atoms with E-state index >= 15 is 0 Å². The Labute approximate surface area is 423 Å². The predicted molar refractivity (Wildman–Crippen MR) is 267 cm³/mol. The number of hydrogen-bond acceptors (Lipinski definition) is 17. The average Bonchev–Trinajstić information content (AvgIpc) is 3.78.